The zero-order valence-electron chi connectivity index (χ0n) is 48.7. The van der Waals surface area contributed by atoms with Crippen LogP contribution in [0, 0.1) is 0 Å². The lowest BCUT2D eigenvalue weighted by Crippen LogP contribution is -2.70. The molecule has 2 aromatic carbocycles. The monoisotopic (exact) mass is 1300 g/mol. The Morgan fingerprint density at radius 3 is 1.84 bits per heavy atom. The predicted octanol–water partition coefficient (Wildman–Crippen LogP) is -13.8. The SMILES string of the molecule is CC(c1ccccc1)C1NC(=O)CNC(=O)C(CO)NC(=O)C(C(O)C2CN=C(N)N2[C@H]2O[C@H](CO)[C@@H](O)[C@H](O)[C@@H]2O)NC(=O)C(C(O)C2CN=C(N)N2)NC(O)C(Cc2ccc(O[C@H]3O[C@H](CO)[C@@H](O[C@H]4O[C@H](CO)[C@@H](O)[C@H](O)[C@@H]4O)[C@H](O)[C@@H]3O)cc2)NC1=O. The van der Waals surface area contributed by atoms with E-state index in [9.17, 15) is 95.8 Å². The largest absolute Gasteiger partial charge is 0.462 e. The van der Waals surface area contributed by atoms with Gasteiger partial charge in [-0.3, -0.25) is 39.3 Å². The van der Waals surface area contributed by atoms with Gasteiger partial charge in [0.05, 0.1) is 64.2 Å². The summed E-state index contributed by atoms with van der Waals surface area (Å²) in [4.78, 5) is 81.1. The van der Waals surface area contributed by atoms with Gasteiger partial charge in [-0.2, -0.15) is 0 Å². The lowest BCUT2D eigenvalue weighted by molar-refractivity contribution is -0.352. The first-order chi connectivity index (χ1) is 43.3. The summed E-state index contributed by atoms with van der Waals surface area (Å²) in [6.45, 7) is -3.86. The zero-order chi connectivity index (χ0) is 66.3. The number of hydrogen-bond donors (Lipinski definition) is 24. The van der Waals surface area contributed by atoms with Crippen LogP contribution in [0.15, 0.2) is 64.6 Å². The molecule has 6 aliphatic heterocycles. The third kappa shape index (κ3) is 15.9. The van der Waals surface area contributed by atoms with Crippen LogP contribution in [0.3, 0.4) is 0 Å². The standard InChI is InChI=1S/C54H80N12O25/c1-19(21-5-3-2-4-6-21)31-47(84)60-23(11-20-7-9-22(10-8-20)87-51-43(81)40(78)44(29(18-70)90-51)91-52-42(80)39(77)37(75)28(17-69)89-52)46(83)64-32(34(72)24-12-58-53(55)62-24)49(86)65-33(48(85)61-25(15-67)45(82)57-14-30(71)63-31)35(73)26-13-59-54(56)66(26)50-41(79)38(76)36(74)27(16-68)88-50/h2-10,19,23-29,31-44,46,50-52,64,67-70,72-81,83H,11-18H2,1H3,(H2,56,59)(H,57,82)(H,60,84)(H,61,85)(H,63,71)(H,65,86)(H3,55,58,62)/t19?,23?,24?,25?,26?,27-,28-,29-,31?,32?,33?,34?,35?,36-,37-,38+,39+,40-,41+,42+,43+,44-,46?,50+,51+,52-/m1/s1. The second kappa shape index (κ2) is 30.8. The van der Waals surface area contributed by atoms with E-state index in [1.54, 1.807) is 37.3 Å². The molecular weight excluding hydrogens is 1220 g/mol. The molecule has 4 fully saturated rings. The van der Waals surface area contributed by atoms with E-state index in [1.165, 1.54) is 24.3 Å². The maximum Gasteiger partial charge on any atom is 0.246 e. The number of nitrogens with two attached hydrogens (primary N) is 2. The molecule has 2 aromatic rings. The van der Waals surface area contributed by atoms with E-state index >= 15 is 4.79 Å². The van der Waals surface area contributed by atoms with Gasteiger partial charge >= 0.3 is 0 Å². The highest BCUT2D eigenvalue weighted by Crippen LogP contribution is 2.32. The average molecular weight is 1300 g/mol. The van der Waals surface area contributed by atoms with E-state index in [-0.39, 0.29) is 23.8 Å². The third-order valence-corrected chi connectivity index (χ3v) is 16.7. The Morgan fingerprint density at radius 1 is 0.604 bits per heavy atom. The van der Waals surface area contributed by atoms with Gasteiger partial charge in [-0.05, 0) is 29.7 Å². The maximum absolute atomic E-state index is 15.1. The Kier molecular flexibility index (Phi) is 23.8. The van der Waals surface area contributed by atoms with Crippen LogP contribution in [-0.4, -0.2) is 322 Å². The minimum atomic E-state index is -2.32. The molecule has 11 unspecified atom stereocenters. The Bertz CT molecular complexity index is 2850. The Labute approximate surface area is 517 Å². The number of aliphatic imine (C=N–C) groups is 2. The molecular formula is C54H80N12O25. The number of carbonyl (C=O) groups excluding carboxylic acids is 5. The number of nitrogens with one attached hydrogen (secondary N) is 7. The molecule has 26 N–H and O–H groups in total. The number of benzene rings is 2. The molecule has 506 valence electrons. The van der Waals surface area contributed by atoms with Gasteiger partial charge in [-0.1, -0.05) is 49.4 Å². The van der Waals surface area contributed by atoms with Gasteiger partial charge in [0.25, 0.3) is 0 Å². The zero-order valence-corrected chi connectivity index (χ0v) is 48.7. The van der Waals surface area contributed by atoms with E-state index < -0.39 is 240 Å². The normalized spacial score (nSPS) is 38.4. The number of carbonyl (C=O) groups is 5. The van der Waals surface area contributed by atoms with Crippen molar-refractivity contribution >= 4 is 41.5 Å². The van der Waals surface area contributed by atoms with E-state index in [0.29, 0.717) is 5.56 Å². The van der Waals surface area contributed by atoms with Crippen molar-refractivity contribution in [3.8, 4) is 5.75 Å². The van der Waals surface area contributed by atoms with Gasteiger partial charge < -0.3 is 149 Å². The second-order valence-electron chi connectivity index (χ2n) is 22.7. The summed E-state index contributed by atoms with van der Waals surface area (Å²) in [6, 6.07) is 1.46. The topological polar surface area (TPSA) is 599 Å². The molecule has 37 heteroatoms. The first kappa shape index (κ1) is 70.2. The van der Waals surface area contributed by atoms with Crippen molar-refractivity contribution in [2.45, 2.75) is 172 Å². The fourth-order valence-electron chi connectivity index (χ4n) is 11.3. The second-order valence-corrected chi connectivity index (χ2v) is 22.7. The number of amides is 5. The predicted molar refractivity (Wildman–Crippen MR) is 304 cm³/mol. The molecule has 6 heterocycles. The summed E-state index contributed by atoms with van der Waals surface area (Å²) in [7, 11) is 0. The summed E-state index contributed by atoms with van der Waals surface area (Å²) in [5.74, 6) is -7.52. The Hall–Kier alpha value is -6.67. The van der Waals surface area contributed by atoms with Crippen molar-refractivity contribution in [2.75, 3.05) is 46.1 Å². The minimum Gasteiger partial charge on any atom is -0.462 e. The van der Waals surface area contributed by atoms with Gasteiger partial charge in [0.1, 0.15) is 122 Å². The third-order valence-electron chi connectivity index (χ3n) is 16.7. The van der Waals surface area contributed by atoms with Gasteiger partial charge in [0, 0.05) is 5.92 Å². The molecule has 0 saturated carbocycles. The van der Waals surface area contributed by atoms with Crippen molar-refractivity contribution in [2.24, 2.45) is 21.5 Å². The summed E-state index contributed by atoms with van der Waals surface area (Å²) in [5, 5.41) is 180. The molecule has 0 bridgehead atoms. The van der Waals surface area contributed by atoms with Crippen LogP contribution in [0.4, 0.5) is 0 Å². The fourth-order valence-corrected chi connectivity index (χ4v) is 11.3. The van der Waals surface area contributed by atoms with Crippen LogP contribution >= 0.6 is 0 Å². The van der Waals surface area contributed by atoms with Crippen LogP contribution in [0.2, 0.25) is 0 Å². The molecule has 0 spiro atoms. The van der Waals surface area contributed by atoms with Gasteiger partial charge in [0.2, 0.25) is 35.8 Å². The molecule has 26 atom stereocenters. The first-order valence-electron chi connectivity index (χ1n) is 29.0. The molecule has 6 aliphatic rings. The van der Waals surface area contributed by atoms with Gasteiger partial charge in [0.15, 0.2) is 24.4 Å². The van der Waals surface area contributed by atoms with Crippen molar-refractivity contribution in [1.29, 1.82) is 0 Å². The number of rotatable bonds is 17. The van der Waals surface area contributed by atoms with E-state index in [1.807, 2.05) is 0 Å². The number of ether oxygens (including phenoxy) is 5. The summed E-state index contributed by atoms with van der Waals surface area (Å²) in [5.41, 5.74) is 12.9. The Morgan fingerprint density at radius 2 is 1.21 bits per heavy atom. The fraction of sp³-hybridized carbons (Fsp3) is 0.648. The summed E-state index contributed by atoms with van der Waals surface area (Å²) >= 11 is 0. The molecule has 91 heavy (non-hydrogen) atoms. The van der Waals surface area contributed by atoms with E-state index in [2.05, 4.69) is 47.2 Å². The van der Waals surface area contributed by atoms with Crippen molar-refractivity contribution in [3.05, 3.63) is 65.7 Å². The molecule has 0 aromatic heterocycles. The molecule has 4 saturated heterocycles. The van der Waals surface area contributed by atoms with Gasteiger partial charge in [-0.15, -0.1) is 0 Å². The van der Waals surface area contributed by atoms with Crippen molar-refractivity contribution < 1.29 is 124 Å². The lowest BCUT2D eigenvalue weighted by Gasteiger charge is -2.46. The van der Waals surface area contributed by atoms with Crippen molar-refractivity contribution in [1.82, 2.24) is 42.1 Å². The van der Waals surface area contributed by atoms with Crippen LogP contribution in [-0.2, 0) is 49.3 Å². The quantitative estimate of drug-likeness (QED) is 0.0699. The number of guanidine groups is 2. The smallest absolute Gasteiger partial charge is 0.246 e. The molecule has 8 rings (SSSR count). The van der Waals surface area contributed by atoms with Crippen LogP contribution in [0.1, 0.15) is 24.0 Å². The molecule has 37 nitrogen and oxygen atoms in total. The van der Waals surface area contributed by atoms with E-state index in [4.69, 9.17) is 35.2 Å². The maximum atomic E-state index is 15.1. The first-order valence-corrected chi connectivity index (χ1v) is 29.0. The number of nitrogens with zero attached hydrogens (tertiary/aromatic N) is 3. The van der Waals surface area contributed by atoms with Crippen LogP contribution < -0.4 is 53.4 Å². The average Bonchev–Trinajstić information content (AvgIpc) is 1.85. The Balaban J connectivity index is 1.11. The molecule has 0 aliphatic carbocycles. The highest BCUT2D eigenvalue weighted by atomic mass is 16.7. The number of aliphatic hydroxyl groups excluding tert-OH is 15. The van der Waals surface area contributed by atoms with Crippen molar-refractivity contribution in [3.63, 3.8) is 0 Å². The van der Waals surface area contributed by atoms with Crippen LogP contribution in [0.25, 0.3) is 0 Å². The lowest BCUT2D eigenvalue weighted by atomic mass is 9.92. The minimum absolute atomic E-state index is 0.0522. The van der Waals surface area contributed by atoms with E-state index in [0.717, 1.165) is 4.90 Å². The molecule has 5 amide bonds. The highest BCUT2D eigenvalue weighted by molar-refractivity contribution is 5.96. The summed E-state index contributed by atoms with van der Waals surface area (Å²) in [6.07, 6.45) is -33.5. The van der Waals surface area contributed by atoms with Gasteiger partial charge in [-0.25, -0.2) is 0 Å². The summed E-state index contributed by atoms with van der Waals surface area (Å²) < 4.78 is 28.3. The number of aliphatic hydroxyl groups is 15. The molecule has 0 radical (unpaired) electrons. The number of hydrogen-bond acceptors (Lipinski definition) is 32. The van der Waals surface area contributed by atoms with Crippen LogP contribution in [0.5, 0.6) is 5.75 Å². The highest BCUT2D eigenvalue weighted by Gasteiger charge is 2.54.